The second-order valence-electron chi connectivity index (χ2n) is 4.26. The van der Waals surface area contributed by atoms with Gasteiger partial charge in [-0.25, -0.2) is 4.39 Å². The number of benzene rings is 2. The van der Waals surface area contributed by atoms with Gasteiger partial charge in [0.05, 0.1) is 0 Å². The van der Waals surface area contributed by atoms with E-state index in [1.165, 1.54) is 6.92 Å². The molecule has 0 aliphatic rings. The monoisotopic (exact) mass is 270 g/mol. The number of ketones is 1. The topological polar surface area (TPSA) is 26.3 Å². The van der Waals surface area contributed by atoms with Crippen molar-refractivity contribution < 1.29 is 13.9 Å². The molecule has 0 aliphatic heterocycles. The van der Waals surface area contributed by atoms with Crippen LogP contribution in [0, 0.1) is 0 Å². The number of ether oxygens (including phenoxy) is 1. The third-order valence-corrected chi connectivity index (χ3v) is 2.84. The highest BCUT2D eigenvalue weighted by Crippen LogP contribution is 2.16. The number of carbonyl (C=O) groups excluding carboxylic acids is 1. The molecule has 2 aromatic rings. The Balaban J connectivity index is 2.00. The van der Waals surface area contributed by atoms with Crippen molar-refractivity contribution in [3.8, 4) is 5.75 Å². The highest BCUT2D eigenvalue weighted by Gasteiger charge is 2.10. The lowest BCUT2D eigenvalue weighted by atomic mass is 10.1. The molecule has 0 spiro atoms. The van der Waals surface area contributed by atoms with Gasteiger partial charge in [-0.05, 0) is 42.8 Å². The Kier molecular flexibility index (Phi) is 4.66. The Morgan fingerprint density at radius 1 is 1.10 bits per heavy atom. The van der Waals surface area contributed by atoms with E-state index in [1.807, 2.05) is 30.3 Å². The number of hydrogen-bond donors (Lipinski definition) is 0. The van der Waals surface area contributed by atoms with E-state index in [9.17, 15) is 9.18 Å². The zero-order valence-corrected chi connectivity index (χ0v) is 11.2. The first-order valence-electron chi connectivity index (χ1n) is 6.34. The van der Waals surface area contributed by atoms with Gasteiger partial charge in [0, 0.05) is 5.56 Å². The summed E-state index contributed by atoms with van der Waals surface area (Å²) >= 11 is 0. The van der Waals surface area contributed by atoms with Crippen LogP contribution in [-0.4, -0.2) is 5.78 Å². The summed E-state index contributed by atoms with van der Waals surface area (Å²) in [5.41, 5.74) is 1.38. The Labute approximate surface area is 117 Å². The van der Waals surface area contributed by atoms with Crippen molar-refractivity contribution in [2.75, 3.05) is 0 Å². The molecule has 0 saturated heterocycles. The summed E-state index contributed by atoms with van der Waals surface area (Å²) < 4.78 is 18.8. The minimum absolute atomic E-state index is 0.313. The van der Waals surface area contributed by atoms with Gasteiger partial charge in [-0.15, -0.1) is 0 Å². The van der Waals surface area contributed by atoms with Gasteiger partial charge in [0.25, 0.3) is 0 Å². The van der Waals surface area contributed by atoms with E-state index in [-0.39, 0.29) is 0 Å². The third kappa shape index (κ3) is 3.54. The maximum Gasteiger partial charge on any atom is 0.220 e. The molecule has 2 aromatic carbocycles. The summed E-state index contributed by atoms with van der Waals surface area (Å²) in [6.45, 7) is 1.95. The first-order chi connectivity index (χ1) is 9.70. The first kappa shape index (κ1) is 14.0. The van der Waals surface area contributed by atoms with Gasteiger partial charge in [0.15, 0.2) is 5.83 Å². The molecule has 0 fully saturated rings. The molecule has 0 atom stereocenters. The van der Waals surface area contributed by atoms with Crippen LogP contribution in [0.3, 0.4) is 0 Å². The molecule has 0 radical (unpaired) electrons. The van der Waals surface area contributed by atoms with Gasteiger partial charge in [-0.2, -0.15) is 0 Å². The van der Waals surface area contributed by atoms with Crippen molar-refractivity contribution in [3.05, 3.63) is 77.6 Å². The highest BCUT2D eigenvalue weighted by atomic mass is 19.1. The quantitative estimate of drug-likeness (QED) is 0.597. The van der Waals surface area contributed by atoms with E-state index in [0.29, 0.717) is 17.9 Å². The lowest BCUT2D eigenvalue weighted by Crippen LogP contribution is -2.00. The average Bonchev–Trinajstić information content (AvgIpc) is 2.53. The van der Waals surface area contributed by atoms with Crippen LogP contribution >= 0.6 is 0 Å². The number of allylic oxidation sites excluding steroid dienone is 2. The summed E-state index contributed by atoms with van der Waals surface area (Å²) in [6, 6.07) is 16.2. The first-order valence-corrected chi connectivity index (χ1v) is 6.34. The molecule has 0 saturated carbocycles. The Morgan fingerprint density at radius 3 is 2.35 bits per heavy atom. The normalized spacial score (nSPS) is 11.2. The zero-order valence-electron chi connectivity index (χ0n) is 11.2. The van der Waals surface area contributed by atoms with E-state index in [2.05, 4.69) is 0 Å². The molecule has 0 N–H and O–H groups in total. The summed E-state index contributed by atoms with van der Waals surface area (Å²) in [5, 5.41) is 0. The van der Waals surface area contributed by atoms with E-state index >= 15 is 0 Å². The van der Waals surface area contributed by atoms with Crippen LogP contribution in [0.4, 0.5) is 4.39 Å². The van der Waals surface area contributed by atoms with Crippen molar-refractivity contribution >= 4 is 5.78 Å². The van der Waals surface area contributed by atoms with Crippen molar-refractivity contribution in [2.45, 2.75) is 13.5 Å². The number of carbonyl (C=O) groups is 1. The molecule has 2 nitrogen and oxygen atoms in total. The Hall–Kier alpha value is -2.42. The molecule has 3 heteroatoms. The van der Waals surface area contributed by atoms with Crippen LogP contribution in [0.15, 0.2) is 66.5 Å². The summed E-state index contributed by atoms with van der Waals surface area (Å²) in [4.78, 5) is 11.6. The smallest absolute Gasteiger partial charge is 0.220 e. The highest BCUT2D eigenvalue weighted by molar-refractivity contribution is 6.07. The molecule has 0 aromatic heterocycles. The van der Waals surface area contributed by atoms with Crippen molar-refractivity contribution in [1.29, 1.82) is 0 Å². The van der Waals surface area contributed by atoms with Crippen LogP contribution in [0.25, 0.3) is 0 Å². The maximum atomic E-state index is 13.2. The molecule has 0 aliphatic carbocycles. The van der Waals surface area contributed by atoms with Crippen LogP contribution in [0.1, 0.15) is 22.8 Å². The number of rotatable bonds is 5. The van der Waals surface area contributed by atoms with Gasteiger partial charge in [0.2, 0.25) is 5.78 Å². The van der Waals surface area contributed by atoms with Gasteiger partial charge in [-0.3, -0.25) is 4.79 Å². The summed E-state index contributed by atoms with van der Waals surface area (Å²) in [6.07, 6.45) is 1.15. The number of halogens is 1. The fraction of sp³-hybridized carbons (Fsp3) is 0.118. The van der Waals surface area contributed by atoms with E-state index in [0.717, 1.165) is 11.6 Å². The predicted octanol–water partition coefficient (Wildman–Crippen LogP) is 4.32. The maximum absolute atomic E-state index is 13.2. The molecule has 0 bridgehead atoms. The zero-order chi connectivity index (χ0) is 14.4. The van der Waals surface area contributed by atoms with Gasteiger partial charge < -0.3 is 4.74 Å². The van der Waals surface area contributed by atoms with Crippen molar-refractivity contribution in [3.63, 3.8) is 0 Å². The third-order valence-electron chi connectivity index (χ3n) is 2.84. The fourth-order valence-corrected chi connectivity index (χ4v) is 1.71. The minimum atomic E-state index is -0.747. The lowest BCUT2D eigenvalue weighted by molar-refractivity contribution is 0.100. The fourth-order valence-electron chi connectivity index (χ4n) is 1.71. The molecule has 102 valence electrons. The van der Waals surface area contributed by atoms with Gasteiger partial charge >= 0.3 is 0 Å². The van der Waals surface area contributed by atoms with Crippen molar-refractivity contribution in [2.24, 2.45) is 0 Å². The number of hydrogen-bond acceptors (Lipinski definition) is 2. The summed E-state index contributed by atoms with van der Waals surface area (Å²) in [7, 11) is 0. The second-order valence-corrected chi connectivity index (χ2v) is 4.26. The van der Waals surface area contributed by atoms with Crippen LogP contribution < -0.4 is 4.74 Å². The predicted molar refractivity (Wildman–Crippen MR) is 76.4 cm³/mol. The molecular formula is C17H15FO2. The summed E-state index contributed by atoms with van der Waals surface area (Å²) in [5.74, 6) is -0.712. The molecule has 2 rings (SSSR count). The largest absolute Gasteiger partial charge is 0.489 e. The molecule has 0 unspecified atom stereocenters. The number of Topliss-reactive ketones (excluding diaryl/α,β-unsaturated/α-hetero) is 1. The van der Waals surface area contributed by atoms with E-state index in [1.54, 1.807) is 24.3 Å². The molecule has 0 heterocycles. The Bertz CT molecular complexity index is 601. The van der Waals surface area contributed by atoms with Crippen LogP contribution in [0.5, 0.6) is 5.75 Å². The Morgan fingerprint density at radius 2 is 1.75 bits per heavy atom. The SMILES string of the molecule is C/C=C(\F)C(=O)c1ccc(OCc2ccccc2)cc1. The molecule has 0 amide bonds. The molecule has 20 heavy (non-hydrogen) atoms. The van der Waals surface area contributed by atoms with Crippen LogP contribution in [0.2, 0.25) is 0 Å². The standard InChI is InChI=1S/C17H15FO2/c1-2-16(18)17(19)14-8-10-15(11-9-14)20-12-13-6-4-3-5-7-13/h2-11H,12H2,1H3/b16-2-. The minimum Gasteiger partial charge on any atom is -0.489 e. The van der Waals surface area contributed by atoms with E-state index in [4.69, 9.17) is 4.74 Å². The van der Waals surface area contributed by atoms with Crippen molar-refractivity contribution in [1.82, 2.24) is 0 Å². The average molecular weight is 270 g/mol. The van der Waals surface area contributed by atoms with Gasteiger partial charge in [0.1, 0.15) is 12.4 Å². The molecular weight excluding hydrogens is 255 g/mol. The van der Waals surface area contributed by atoms with Gasteiger partial charge in [-0.1, -0.05) is 30.3 Å². The van der Waals surface area contributed by atoms with Crippen LogP contribution in [-0.2, 0) is 6.61 Å². The second kappa shape index (κ2) is 6.66. The van der Waals surface area contributed by atoms with E-state index < -0.39 is 11.6 Å². The lowest BCUT2D eigenvalue weighted by Gasteiger charge is -2.06.